The molecule has 0 aliphatic carbocycles. The van der Waals surface area contributed by atoms with Crippen LogP contribution in [-0.2, 0) is 6.42 Å². The second-order valence-electron chi connectivity index (χ2n) is 8.47. The summed E-state index contributed by atoms with van der Waals surface area (Å²) in [5.74, 6) is 0.0379. The molecule has 0 unspecified atom stereocenters. The van der Waals surface area contributed by atoms with Crippen molar-refractivity contribution in [2.75, 3.05) is 0 Å². The Kier molecular flexibility index (Phi) is 4.81. The van der Waals surface area contributed by atoms with Gasteiger partial charge in [-0.1, -0.05) is 11.6 Å². The van der Waals surface area contributed by atoms with Gasteiger partial charge in [0.1, 0.15) is 45.3 Å². The quantitative estimate of drug-likeness (QED) is 0.499. The van der Waals surface area contributed by atoms with E-state index in [-0.39, 0.29) is 34.0 Å². The first-order valence-electron chi connectivity index (χ1n) is 9.97. The summed E-state index contributed by atoms with van der Waals surface area (Å²) in [5.41, 5.74) is 1.33. The fourth-order valence-electron chi connectivity index (χ4n) is 3.63. The van der Waals surface area contributed by atoms with Crippen LogP contribution < -0.4 is 10.2 Å². The van der Waals surface area contributed by atoms with Gasteiger partial charge in [-0.25, -0.2) is 0 Å². The SMILES string of the molecule is CC(C)=CCc1c(O)cc(O)c2c(=O)cc(-c3ccc4c(c3O)C=CC(C)(C)O4)oc12. The molecule has 1 aromatic heterocycles. The van der Waals surface area contributed by atoms with E-state index < -0.39 is 11.0 Å². The smallest absolute Gasteiger partial charge is 0.197 e. The summed E-state index contributed by atoms with van der Waals surface area (Å²) in [6.07, 6.45) is 5.81. The summed E-state index contributed by atoms with van der Waals surface area (Å²) in [7, 11) is 0. The number of benzene rings is 2. The van der Waals surface area contributed by atoms with Crippen LogP contribution >= 0.6 is 0 Å². The van der Waals surface area contributed by atoms with E-state index in [1.807, 2.05) is 39.8 Å². The van der Waals surface area contributed by atoms with Crippen molar-refractivity contribution < 1.29 is 24.5 Å². The molecule has 0 saturated heterocycles. The van der Waals surface area contributed by atoms with Gasteiger partial charge < -0.3 is 24.5 Å². The Morgan fingerprint density at radius 1 is 1.10 bits per heavy atom. The van der Waals surface area contributed by atoms with Crippen LogP contribution in [0.4, 0.5) is 0 Å². The van der Waals surface area contributed by atoms with Crippen molar-refractivity contribution in [1.29, 1.82) is 0 Å². The number of rotatable bonds is 3. The average Bonchev–Trinajstić information content (AvgIpc) is 2.66. The van der Waals surface area contributed by atoms with Gasteiger partial charge in [0.2, 0.25) is 0 Å². The van der Waals surface area contributed by atoms with Crippen molar-refractivity contribution in [2.45, 2.75) is 39.7 Å². The van der Waals surface area contributed by atoms with E-state index in [9.17, 15) is 20.1 Å². The minimum Gasteiger partial charge on any atom is -0.507 e. The van der Waals surface area contributed by atoms with E-state index in [2.05, 4.69) is 0 Å². The molecule has 4 rings (SSSR count). The van der Waals surface area contributed by atoms with E-state index in [1.54, 1.807) is 18.2 Å². The number of hydrogen-bond donors (Lipinski definition) is 3. The molecule has 160 valence electrons. The lowest BCUT2D eigenvalue weighted by Crippen LogP contribution is -2.27. The molecular weight excluding hydrogens is 396 g/mol. The van der Waals surface area contributed by atoms with Crippen LogP contribution in [0.3, 0.4) is 0 Å². The highest BCUT2D eigenvalue weighted by atomic mass is 16.5. The van der Waals surface area contributed by atoms with Gasteiger partial charge in [0.05, 0.1) is 11.1 Å². The Balaban J connectivity index is 1.95. The summed E-state index contributed by atoms with van der Waals surface area (Å²) in [5, 5.41) is 31.5. The maximum atomic E-state index is 12.8. The summed E-state index contributed by atoms with van der Waals surface area (Å²) in [6.45, 7) is 7.66. The number of ether oxygens (including phenoxy) is 1. The summed E-state index contributed by atoms with van der Waals surface area (Å²) < 4.78 is 11.9. The molecule has 0 saturated carbocycles. The van der Waals surface area contributed by atoms with Crippen molar-refractivity contribution in [3.63, 3.8) is 0 Å². The highest BCUT2D eigenvalue weighted by Gasteiger charge is 2.26. The Morgan fingerprint density at radius 3 is 2.55 bits per heavy atom. The molecule has 31 heavy (non-hydrogen) atoms. The van der Waals surface area contributed by atoms with Gasteiger partial charge in [-0.15, -0.1) is 0 Å². The van der Waals surface area contributed by atoms with Crippen LogP contribution in [0.5, 0.6) is 23.0 Å². The first-order valence-corrected chi connectivity index (χ1v) is 9.97. The Labute approximate surface area is 179 Å². The predicted octanol–water partition coefficient (Wildman–Crippen LogP) is 5.27. The number of hydrogen-bond acceptors (Lipinski definition) is 6. The molecule has 3 aromatic rings. The van der Waals surface area contributed by atoms with E-state index in [0.717, 1.165) is 11.6 Å². The van der Waals surface area contributed by atoms with Gasteiger partial charge in [0.15, 0.2) is 5.43 Å². The monoisotopic (exact) mass is 420 g/mol. The fourth-order valence-corrected chi connectivity index (χ4v) is 3.63. The van der Waals surface area contributed by atoms with Gasteiger partial charge >= 0.3 is 0 Å². The van der Waals surface area contributed by atoms with Gasteiger partial charge in [-0.3, -0.25) is 4.79 Å². The summed E-state index contributed by atoms with van der Waals surface area (Å²) in [6, 6.07) is 5.70. The second kappa shape index (κ2) is 7.23. The normalized spacial score (nSPS) is 14.2. The van der Waals surface area contributed by atoms with E-state index in [4.69, 9.17) is 9.15 Å². The molecule has 0 amide bonds. The van der Waals surface area contributed by atoms with Crippen molar-refractivity contribution >= 4 is 17.0 Å². The third-order valence-electron chi connectivity index (χ3n) is 5.24. The Morgan fingerprint density at radius 2 is 1.84 bits per heavy atom. The first kappa shape index (κ1) is 20.6. The lowest BCUT2D eigenvalue weighted by molar-refractivity contribution is 0.158. The third-order valence-corrected chi connectivity index (χ3v) is 5.24. The summed E-state index contributed by atoms with van der Waals surface area (Å²) >= 11 is 0. The standard InChI is InChI=1S/C25H24O6/c1-13(2)5-6-14-17(26)11-18(27)22-19(28)12-21(30-24(14)22)15-7-8-20-16(23(15)29)9-10-25(3,4)31-20/h5,7-12,26-27,29H,6H2,1-4H3. The zero-order valence-corrected chi connectivity index (χ0v) is 17.8. The topological polar surface area (TPSA) is 100 Å². The highest BCUT2D eigenvalue weighted by molar-refractivity contribution is 5.90. The summed E-state index contributed by atoms with van der Waals surface area (Å²) in [4.78, 5) is 12.8. The van der Waals surface area contributed by atoms with Gasteiger partial charge in [0, 0.05) is 17.7 Å². The number of phenols is 3. The van der Waals surface area contributed by atoms with Crippen LogP contribution in [0.15, 0.2) is 51.2 Å². The van der Waals surface area contributed by atoms with Crippen LogP contribution in [0.1, 0.15) is 38.8 Å². The van der Waals surface area contributed by atoms with E-state index >= 15 is 0 Å². The van der Waals surface area contributed by atoms with E-state index in [0.29, 0.717) is 28.9 Å². The van der Waals surface area contributed by atoms with E-state index in [1.165, 1.54) is 6.07 Å². The molecule has 1 aliphatic heterocycles. The predicted molar refractivity (Wildman–Crippen MR) is 120 cm³/mol. The molecule has 0 radical (unpaired) electrons. The maximum absolute atomic E-state index is 12.8. The molecule has 6 heteroatoms. The molecule has 3 N–H and O–H groups in total. The van der Waals surface area contributed by atoms with Crippen LogP contribution in [0.2, 0.25) is 0 Å². The number of allylic oxidation sites excluding steroid dienone is 2. The lowest BCUT2D eigenvalue weighted by Gasteiger charge is -2.28. The van der Waals surface area contributed by atoms with Crippen LogP contribution in [-0.4, -0.2) is 20.9 Å². The number of phenolic OH excluding ortho intramolecular Hbond substituents is 3. The molecule has 0 bridgehead atoms. The lowest BCUT2D eigenvalue weighted by atomic mass is 9.98. The van der Waals surface area contributed by atoms with Crippen molar-refractivity contribution in [3.8, 4) is 34.3 Å². The van der Waals surface area contributed by atoms with Gasteiger partial charge in [-0.05, 0) is 58.4 Å². The first-order chi connectivity index (χ1) is 14.6. The minimum absolute atomic E-state index is 0.0128. The molecule has 2 aromatic carbocycles. The Bertz CT molecular complexity index is 1320. The molecule has 0 fully saturated rings. The van der Waals surface area contributed by atoms with Gasteiger partial charge in [0.25, 0.3) is 0 Å². The number of aromatic hydroxyl groups is 3. The van der Waals surface area contributed by atoms with Crippen molar-refractivity contribution in [2.24, 2.45) is 0 Å². The highest BCUT2D eigenvalue weighted by Crippen LogP contribution is 2.43. The molecule has 1 aliphatic rings. The molecule has 2 heterocycles. The number of fused-ring (bicyclic) bond motifs is 2. The largest absolute Gasteiger partial charge is 0.507 e. The molecule has 0 atom stereocenters. The van der Waals surface area contributed by atoms with Crippen molar-refractivity contribution in [1.82, 2.24) is 0 Å². The molecular formula is C25H24O6. The van der Waals surface area contributed by atoms with Crippen molar-refractivity contribution in [3.05, 3.63) is 63.3 Å². The van der Waals surface area contributed by atoms with Crippen LogP contribution in [0.25, 0.3) is 28.4 Å². The third kappa shape index (κ3) is 3.65. The zero-order valence-electron chi connectivity index (χ0n) is 17.8. The van der Waals surface area contributed by atoms with Crippen LogP contribution in [0, 0.1) is 0 Å². The average molecular weight is 420 g/mol. The maximum Gasteiger partial charge on any atom is 0.197 e. The fraction of sp³-hybridized carbons (Fsp3) is 0.240. The Hall–Kier alpha value is -3.67. The molecule has 0 spiro atoms. The second-order valence-corrected chi connectivity index (χ2v) is 8.47. The molecule has 6 nitrogen and oxygen atoms in total. The van der Waals surface area contributed by atoms with Gasteiger partial charge in [-0.2, -0.15) is 0 Å². The zero-order chi connectivity index (χ0) is 22.5. The minimum atomic E-state index is -0.495.